The van der Waals surface area contributed by atoms with Crippen LogP contribution in [0.15, 0.2) is 16.5 Å². The first-order valence-corrected chi connectivity index (χ1v) is 5.81. The standard InChI is InChI=1S/C11H12ClNO5/c12-9-2-1-8(18-9)11(16)13-3-4-17-6-7(13)5-10(14)15/h1-2,7H,3-6H2,(H,14,15). The zero-order valence-corrected chi connectivity index (χ0v) is 10.2. The van der Waals surface area contributed by atoms with E-state index in [4.69, 9.17) is 25.9 Å². The lowest BCUT2D eigenvalue weighted by atomic mass is 10.1. The topological polar surface area (TPSA) is 80.0 Å². The maximum atomic E-state index is 12.1. The molecule has 1 aromatic rings. The molecule has 0 bridgehead atoms. The summed E-state index contributed by atoms with van der Waals surface area (Å²) in [5.74, 6) is -1.23. The summed E-state index contributed by atoms with van der Waals surface area (Å²) in [5, 5.41) is 8.93. The lowest BCUT2D eigenvalue weighted by Crippen LogP contribution is -2.49. The van der Waals surface area contributed by atoms with Crippen LogP contribution in [0.2, 0.25) is 5.22 Å². The number of hydrogen-bond acceptors (Lipinski definition) is 4. The second kappa shape index (κ2) is 5.41. The van der Waals surface area contributed by atoms with Crippen molar-refractivity contribution in [3.05, 3.63) is 23.1 Å². The first-order valence-electron chi connectivity index (χ1n) is 5.44. The number of aliphatic carboxylic acids is 1. The Kier molecular flexibility index (Phi) is 3.88. The fourth-order valence-corrected chi connectivity index (χ4v) is 2.01. The van der Waals surface area contributed by atoms with Gasteiger partial charge in [0.25, 0.3) is 5.91 Å². The number of nitrogens with zero attached hydrogens (tertiary/aromatic N) is 1. The summed E-state index contributed by atoms with van der Waals surface area (Å²) in [6, 6.07) is 2.46. The van der Waals surface area contributed by atoms with E-state index in [1.807, 2.05) is 0 Å². The third kappa shape index (κ3) is 2.83. The van der Waals surface area contributed by atoms with Gasteiger partial charge in [-0.05, 0) is 23.7 Å². The number of hydrogen-bond donors (Lipinski definition) is 1. The minimum atomic E-state index is -0.972. The summed E-state index contributed by atoms with van der Waals surface area (Å²) >= 11 is 5.61. The van der Waals surface area contributed by atoms with Crippen molar-refractivity contribution in [2.45, 2.75) is 12.5 Å². The number of halogens is 1. The van der Waals surface area contributed by atoms with E-state index >= 15 is 0 Å². The van der Waals surface area contributed by atoms with Crippen molar-refractivity contribution in [1.29, 1.82) is 0 Å². The number of carboxylic acid groups (broad SMARTS) is 1. The van der Waals surface area contributed by atoms with Gasteiger partial charge in [-0.1, -0.05) is 0 Å². The number of carbonyl (C=O) groups excluding carboxylic acids is 1. The second-order valence-electron chi connectivity index (χ2n) is 3.93. The lowest BCUT2D eigenvalue weighted by molar-refractivity contribution is -0.139. The monoisotopic (exact) mass is 273 g/mol. The molecule has 1 N–H and O–H groups in total. The summed E-state index contributed by atoms with van der Waals surface area (Å²) in [4.78, 5) is 24.3. The third-order valence-electron chi connectivity index (χ3n) is 2.68. The molecule has 1 aromatic heterocycles. The van der Waals surface area contributed by atoms with Gasteiger partial charge in [0.1, 0.15) is 0 Å². The molecule has 1 fully saturated rings. The van der Waals surface area contributed by atoms with E-state index in [1.165, 1.54) is 17.0 Å². The fraction of sp³-hybridized carbons (Fsp3) is 0.455. The highest BCUT2D eigenvalue weighted by Crippen LogP contribution is 2.19. The van der Waals surface area contributed by atoms with Gasteiger partial charge in [-0.15, -0.1) is 0 Å². The van der Waals surface area contributed by atoms with Crippen molar-refractivity contribution in [2.75, 3.05) is 19.8 Å². The molecular formula is C11H12ClNO5. The number of morpholine rings is 1. The Morgan fingerprint density at radius 3 is 2.89 bits per heavy atom. The van der Waals surface area contributed by atoms with Crippen LogP contribution in [0, 0.1) is 0 Å². The van der Waals surface area contributed by atoms with E-state index < -0.39 is 12.0 Å². The zero-order chi connectivity index (χ0) is 13.1. The van der Waals surface area contributed by atoms with Crippen molar-refractivity contribution in [2.24, 2.45) is 0 Å². The van der Waals surface area contributed by atoms with Gasteiger partial charge < -0.3 is 19.2 Å². The van der Waals surface area contributed by atoms with Crippen molar-refractivity contribution in [1.82, 2.24) is 4.90 Å². The fourth-order valence-electron chi connectivity index (χ4n) is 1.86. The molecule has 1 atom stereocenters. The zero-order valence-electron chi connectivity index (χ0n) is 9.47. The third-order valence-corrected chi connectivity index (χ3v) is 2.89. The Morgan fingerprint density at radius 1 is 1.50 bits per heavy atom. The molecule has 0 aromatic carbocycles. The van der Waals surface area contributed by atoms with E-state index in [2.05, 4.69) is 0 Å². The maximum Gasteiger partial charge on any atom is 0.305 e. The number of carboxylic acids is 1. The van der Waals surface area contributed by atoms with Gasteiger partial charge in [-0.3, -0.25) is 9.59 Å². The normalized spacial score (nSPS) is 19.8. The van der Waals surface area contributed by atoms with Crippen LogP contribution < -0.4 is 0 Å². The van der Waals surface area contributed by atoms with Crippen molar-refractivity contribution in [3.8, 4) is 0 Å². The van der Waals surface area contributed by atoms with Crippen LogP contribution in [-0.4, -0.2) is 47.7 Å². The van der Waals surface area contributed by atoms with Gasteiger partial charge in [0, 0.05) is 6.54 Å². The van der Waals surface area contributed by atoms with Gasteiger partial charge in [0.05, 0.1) is 25.7 Å². The van der Waals surface area contributed by atoms with Gasteiger partial charge in [0.15, 0.2) is 11.0 Å². The molecule has 1 saturated heterocycles. The molecule has 1 aliphatic rings. The molecule has 0 saturated carbocycles. The Hall–Kier alpha value is -1.53. The van der Waals surface area contributed by atoms with Gasteiger partial charge in [-0.25, -0.2) is 0 Å². The molecule has 18 heavy (non-hydrogen) atoms. The van der Waals surface area contributed by atoms with Crippen molar-refractivity contribution in [3.63, 3.8) is 0 Å². The van der Waals surface area contributed by atoms with Crippen LogP contribution >= 0.6 is 11.6 Å². The molecule has 2 heterocycles. The molecule has 7 heteroatoms. The van der Waals surface area contributed by atoms with Gasteiger partial charge in [-0.2, -0.15) is 0 Å². The molecular weight excluding hydrogens is 262 g/mol. The van der Waals surface area contributed by atoms with Crippen molar-refractivity contribution >= 4 is 23.5 Å². The SMILES string of the molecule is O=C(O)CC1COCCN1C(=O)c1ccc(Cl)o1. The molecule has 6 nitrogen and oxygen atoms in total. The Labute approximate surface area is 108 Å². The van der Waals surface area contributed by atoms with E-state index in [9.17, 15) is 9.59 Å². The maximum absolute atomic E-state index is 12.1. The Balaban J connectivity index is 2.13. The highest BCUT2D eigenvalue weighted by Gasteiger charge is 2.31. The minimum absolute atomic E-state index is 0.109. The summed E-state index contributed by atoms with van der Waals surface area (Å²) in [5.41, 5.74) is 0. The second-order valence-corrected chi connectivity index (χ2v) is 4.30. The number of carbonyl (C=O) groups is 2. The number of furan rings is 1. The summed E-state index contributed by atoms with van der Waals surface area (Å²) in [6.07, 6.45) is -0.153. The largest absolute Gasteiger partial charge is 0.481 e. The van der Waals surface area contributed by atoms with Crippen LogP contribution in [0.25, 0.3) is 0 Å². The average Bonchev–Trinajstić information content (AvgIpc) is 2.75. The van der Waals surface area contributed by atoms with Crippen LogP contribution in [0.5, 0.6) is 0 Å². The number of rotatable bonds is 3. The van der Waals surface area contributed by atoms with Crippen LogP contribution in [0.4, 0.5) is 0 Å². The molecule has 1 amide bonds. The van der Waals surface area contributed by atoms with Crippen molar-refractivity contribution < 1.29 is 23.8 Å². The van der Waals surface area contributed by atoms with Crippen LogP contribution in [-0.2, 0) is 9.53 Å². The predicted molar refractivity (Wildman–Crippen MR) is 61.6 cm³/mol. The molecule has 2 rings (SSSR count). The highest BCUT2D eigenvalue weighted by molar-refractivity contribution is 6.29. The molecule has 0 aliphatic carbocycles. The van der Waals surface area contributed by atoms with E-state index in [0.717, 1.165) is 0 Å². The molecule has 0 radical (unpaired) electrons. The predicted octanol–water partition coefficient (Wildman–Crippen LogP) is 1.25. The van der Waals surface area contributed by atoms with E-state index in [-0.39, 0.29) is 29.9 Å². The summed E-state index contributed by atoms with van der Waals surface area (Å²) < 4.78 is 10.2. The first-order chi connectivity index (χ1) is 8.58. The van der Waals surface area contributed by atoms with Crippen LogP contribution in [0.3, 0.4) is 0 Å². The molecule has 0 spiro atoms. The molecule has 98 valence electrons. The van der Waals surface area contributed by atoms with Gasteiger partial charge >= 0.3 is 5.97 Å². The lowest BCUT2D eigenvalue weighted by Gasteiger charge is -2.34. The van der Waals surface area contributed by atoms with E-state index in [1.54, 1.807) is 0 Å². The number of amides is 1. The van der Waals surface area contributed by atoms with Gasteiger partial charge in [0.2, 0.25) is 0 Å². The molecule has 1 aliphatic heterocycles. The summed E-state index contributed by atoms with van der Waals surface area (Å²) in [7, 11) is 0. The smallest absolute Gasteiger partial charge is 0.305 e. The number of ether oxygens (including phenoxy) is 1. The minimum Gasteiger partial charge on any atom is -0.481 e. The quantitative estimate of drug-likeness (QED) is 0.896. The summed E-state index contributed by atoms with van der Waals surface area (Å²) in [6.45, 7) is 0.942. The Bertz CT molecular complexity index is 458. The van der Waals surface area contributed by atoms with E-state index in [0.29, 0.717) is 13.2 Å². The van der Waals surface area contributed by atoms with Crippen LogP contribution in [0.1, 0.15) is 17.0 Å². The average molecular weight is 274 g/mol. The molecule has 1 unspecified atom stereocenters. The Morgan fingerprint density at radius 2 is 2.28 bits per heavy atom. The highest BCUT2D eigenvalue weighted by atomic mass is 35.5. The first kappa shape index (κ1) is 12.9.